The molecular weight excluding hydrogens is 407 g/mol. The molecule has 0 spiro atoms. The van der Waals surface area contributed by atoms with E-state index in [1.54, 1.807) is 13.0 Å². The van der Waals surface area contributed by atoms with Crippen LogP contribution in [0.4, 0.5) is 24.5 Å². The van der Waals surface area contributed by atoms with E-state index in [0.29, 0.717) is 5.56 Å². The number of benzene rings is 2. The van der Waals surface area contributed by atoms with Gasteiger partial charge in [0.25, 0.3) is 5.91 Å². The second kappa shape index (κ2) is 8.16. The molecule has 5 nitrogen and oxygen atoms in total. The van der Waals surface area contributed by atoms with Crippen molar-refractivity contribution in [3.05, 3.63) is 58.9 Å². The van der Waals surface area contributed by atoms with Crippen molar-refractivity contribution >= 4 is 17.3 Å². The number of piperidine rings is 1. The van der Waals surface area contributed by atoms with Crippen LogP contribution in [0.15, 0.2) is 30.3 Å². The second-order valence-corrected chi connectivity index (χ2v) is 8.65. The predicted octanol–water partition coefficient (Wildman–Crippen LogP) is 3.83. The highest BCUT2D eigenvalue weighted by Gasteiger charge is 2.51. The Bertz CT molecular complexity index is 1010. The Balaban J connectivity index is 1.57. The lowest BCUT2D eigenvalue weighted by molar-refractivity contribution is -0.135. The van der Waals surface area contributed by atoms with Crippen molar-refractivity contribution in [3.63, 3.8) is 0 Å². The van der Waals surface area contributed by atoms with Crippen molar-refractivity contribution in [3.8, 4) is 0 Å². The standard InChI is InChI=1S/C23H26F3N3O2/c1-14-6-9-18(17(25)11-14)27-21-15(7-8-16(24)20(21)26)22(30)29-12-23(31,13-29)19-5-3-4-10-28(19)2/h6-9,11,19,27,31H,3-5,10,12-13H2,1-2H3. The molecule has 2 aromatic rings. The maximum Gasteiger partial charge on any atom is 0.256 e. The largest absolute Gasteiger partial charge is 0.385 e. The van der Waals surface area contributed by atoms with E-state index in [1.807, 2.05) is 7.05 Å². The summed E-state index contributed by atoms with van der Waals surface area (Å²) in [4.78, 5) is 16.6. The first-order valence-corrected chi connectivity index (χ1v) is 10.4. The Labute approximate surface area is 179 Å². The Morgan fingerprint density at radius 3 is 2.55 bits per heavy atom. The Morgan fingerprint density at radius 1 is 1.13 bits per heavy atom. The fourth-order valence-corrected chi connectivity index (χ4v) is 4.60. The van der Waals surface area contributed by atoms with Gasteiger partial charge in [-0.1, -0.05) is 12.5 Å². The van der Waals surface area contributed by atoms with Crippen molar-refractivity contribution in [1.29, 1.82) is 0 Å². The molecule has 166 valence electrons. The molecule has 1 amide bonds. The molecule has 1 unspecified atom stereocenters. The summed E-state index contributed by atoms with van der Waals surface area (Å²) in [6.07, 6.45) is 2.94. The Hall–Kier alpha value is -2.58. The molecule has 2 aliphatic heterocycles. The van der Waals surface area contributed by atoms with Crippen molar-refractivity contribution in [1.82, 2.24) is 9.80 Å². The molecule has 0 aromatic heterocycles. The summed E-state index contributed by atoms with van der Waals surface area (Å²) in [5.74, 6) is -3.58. The van der Waals surface area contributed by atoms with Crippen LogP contribution in [-0.2, 0) is 0 Å². The zero-order valence-corrected chi connectivity index (χ0v) is 17.6. The summed E-state index contributed by atoms with van der Waals surface area (Å²) in [6, 6.07) is 6.30. The summed E-state index contributed by atoms with van der Waals surface area (Å²) in [7, 11) is 1.96. The van der Waals surface area contributed by atoms with Crippen LogP contribution >= 0.6 is 0 Å². The minimum absolute atomic E-state index is 0.0468. The van der Waals surface area contributed by atoms with Gasteiger partial charge in [-0.25, -0.2) is 13.2 Å². The van der Waals surface area contributed by atoms with Crippen LogP contribution < -0.4 is 5.32 Å². The lowest BCUT2D eigenvalue weighted by Crippen LogP contribution is -2.72. The van der Waals surface area contributed by atoms with Crippen LogP contribution in [0.2, 0.25) is 0 Å². The Kier molecular flexibility index (Phi) is 5.70. The van der Waals surface area contributed by atoms with Crippen molar-refractivity contribution < 1.29 is 23.1 Å². The third-order valence-electron chi connectivity index (χ3n) is 6.32. The number of halogens is 3. The Morgan fingerprint density at radius 2 is 1.87 bits per heavy atom. The topological polar surface area (TPSA) is 55.8 Å². The van der Waals surface area contributed by atoms with Crippen LogP contribution in [-0.4, -0.2) is 59.1 Å². The molecule has 2 N–H and O–H groups in total. The van der Waals surface area contributed by atoms with Crippen LogP contribution in [0, 0.1) is 24.4 Å². The molecule has 2 saturated heterocycles. The van der Waals surface area contributed by atoms with E-state index >= 15 is 0 Å². The number of aliphatic hydroxyl groups is 1. The van der Waals surface area contributed by atoms with Gasteiger partial charge in [0.15, 0.2) is 11.6 Å². The first-order valence-electron chi connectivity index (χ1n) is 10.4. The number of rotatable bonds is 4. The van der Waals surface area contributed by atoms with E-state index in [-0.39, 0.29) is 30.4 Å². The summed E-state index contributed by atoms with van der Waals surface area (Å²) in [5.41, 5.74) is -0.948. The first kappa shape index (κ1) is 21.6. The van der Waals surface area contributed by atoms with Gasteiger partial charge in [0, 0.05) is 6.04 Å². The lowest BCUT2D eigenvalue weighted by Gasteiger charge is -2.54. The quantitative estimate of drug-likeness (QED) is 0.770. The molecule has 2 aromatic carbocycles. The molecular formula is C23H26F3N3O2. The number of aryl methyl sites for hydroxylation is 1. The number of amides is 1. The van der Waals surface area contributed by atoms with Gasteiger partial charge in [0.05, 0.1) is 30.0 Å². The van der Waals surface area contributed by atoms with Gasteiger partial charge in [0.2, 0.25) is 0 Å². The van der Waals surface area contributed by atoms with E-state index in [0.717, 1.165) is 31.9 Å². The number of anilines is 2. The molecule has 2 heterocycles. The highest BCUT2D eigenvalue weighted by atomic mass is 19.2. The number of carbonyl (C=O) groups is 1. The zero-order chi connectivity index (χ0) is 22.3. The average Bonchev–Trinajstić information content (AvgIpc) is 2.71. The molecule has 2 fully saturated rings. The van der Waals surface area contributed by atoms with Crippen LogP contribution in [0.25, 0.3) is 0 Å². The monoisotopic (exact) mass is 433 g/mol. The van der Waals surface area contributed by atoms with Crippen LogP contribution in [0.1, 0.15) is 35.2 Å². The highest BCUT2D eigenvalue weighted by molar-refractivity contribution is 6.01. The third kappa shape index (κ3) is 4.02. The van der Waals surface area contributed by atoms with E-state index in [9.17, 15) is 23.1 Å². The van der Waals surface area contributed by atoms with Gasteiger partial charge in [-0.2, -0.15) is 0 Å². The molecule has 0 saturated carbocycles. The van der Waals surface area contributed by atoms with E-state index in [2.05, 4.69) is 10.2 Å². The maximum atomic E-state index is 14.6. The SMILES string of the molecule is Cc1ccc(Nc2c(C(=O)N3CC(O)(C4CCCCN4C)C3)ccc(F)c2F)c(F)c1. The van der Waals surface area contributed by atoms with Gasteiger partial charge < -0.3 is 20.2 Å². The number of likely N-dealkylation sites (N-methyl/N-ethyl adjacent to an activating group) is 1. The summed E-state index contributed by atoms with van der Waals surface area (Å²) in [6.45, 7) is 2.82. The van der Waals surface area contributed by atoms with Crippen molar-refractivity contribution in [2.75, 3.05) is 32.0 Å². The molecule has 2 aliphatic rings. The molecule has 1 atom stereocenters. The second-order valence-electron chi connectivity index (χ2n) is 8.65. The number of likely N-dealkylation sites (tertiary alicyclic amines) is 2. The summed E-state index contributed by atoms with van der Waals surface area (Å²) < 4.78 is 42.8. The molecule has 0 bridgehead atoms. The molecule has 0 aliphatic carbocycles. The maximum absolute atomic E-state index is 14.6. The predicted molar refractivity (Wildman–Crippen MR) is 112 cm³/mol. The molecule has 4 rings (SSSR count). The average molecular weight is 433 g/mol. The van der Waals surface area contributed by atoms with Crippen molar-refractivity contribution in [2.45, 2.75) is 37.8 Å². The summed E-state index contributed by atoms with van der Waals surface area (Å²) >= 11 is 0. The minimum Gasteiger partial charge on any atom is -0.385 e. The fourth-order valence-electron chi connectivity index (χ4n) is 4.60. The molecule has 8 heteroatoms. The number of nitrogens with zero attached hydrogens (tertiary/aromatic N) is 2. The minimum atomic E-state index is -1.26. The molecule has 31 heavy (non-hydrogen) atoms. The van der Waals surface area contributed by atoms with E-state index in [1.165, 1.54) is 23.1 Å². The molecule has 0 radical (unpaired) electrons. The van der Waals surface area contributed by atoms with E-state index in [4.69, 9.17) is 0 Å². The smallest absolute Gasteiger partial charge is 0.256 e. The van der Waals surface area contributed by atoms with Crippen molar-refractivity contribution in [2.24, 2.45) is 0 Å². The van der Waals surface area contributed by atoms with E-state index < -0.39 is 34.6 Å². The van der Waals surface area contributed by atoms with Crippen LogP contribution in [0.3, 0.4) is 0 Å². The van der Waals surface area contributed by atoms with Crippen LogP contribution in [0.5, 0.6) is 0 Å². The van der Waals surface area contributed by atoms with Gasteiger partial charge in [-0.15, -0.1) is 0 Å². The number of hydrogen-bond acceptors (Lipinski definition) is 4. The number of hydrogen-bond donors (Lipinski definition) is 2. The highest BCUT2D eigenvalue weighted by Crippen LogP contribution is 2.35. The van der Waals surface area contributed by atoms with Gasteiger partial charge in [-0.3, -0.25) is 4.79 Å². The fraction of sp³-hybridized carbons (Fsp3) is 0.435. The third-order valence-corrected chi connectivity index (χ3v) is 6.32. The number of carbonyl (C=O) groups excluding carboxylic acids is 1. The summed E-state index contributed by atoms with van der Waals surface area (Å²) in [5, 5.41) is 13.5. The normalized spacial score (nSPS) is 21.0. The lowest BCUT2D eigenvalue weighted by atomic mass is 9.80. The zero-order valence-electron chi connectivity index (χ0n) is 17.6. The van der Waals surface area contributed by atoms with Gasteiger partial charge in [-0.05, 0) is 63.2 Å². The van der Waals surface area contributed by atoms with Gasteiger partial charge >= 0.3 is 0 Å². The van der Waals surface area contributed by atoms with Gasteiger partial charge in [0.1, 0.15) is 11.4 Å². The number of nitrogens with one attached hydrogen (secondary N) is 1. The number of β-amino-alcohol motifs (C(OH)–C–C–N with tert-alkyl or cyclic N) is 1. The first-order chi connectivity index (χ1) is 14.7.